The number of aromatic nitrogens is 2. The summed E-state index contributed by atoms with van der Waals surface area (Å²) in [5.41, 5.74) is 2.36. The SMILES string of the molecule is CCn1cc(NC(C)c2ccc(SC)cc2)cn1. The molecular formula is C14H19N3S. The molecule has 1 unspecified atom stereocenters. The van der Waals surface area contributed by atoms with Crippen molar-refractivity contribution in [3.8, 4) is 0 Å². The summed E-state index contributed by atoms with van der Waals surface area (Å²) in [5.74, 6) is 0. The highest BCUT2D eigenvalue weighted by atomic mass is 32.2. The van der Waals surface area contributed by atoms with E-state index in [2.05, 4.69) is 54.8 Å². The Morgan fingerprint density at radius 2 is 2.06 bits per heavy atom. The molecule has 0 aliphatic carbocycles. The van der Waals surface area contributed by atoms with Crippen LogP contribution in [0.4, 0.5) is 5.69 Å². The van der Waals surface area contributed by atoms with E-state index in [4.69, 9.17) is 0 Å². The summed E-state index contributed by atoms with van der Waals surface area (Å²) in [5, 5.41) is 7.72. The maximum absolute atomic E-state index is 4.26. The molecule has 0 spiro atoms. The van der Waals surface area contributed by atoms with Gasteiger partial charge >= 0.3 is 0 Å². The predicted octanol–water partition coefficient (Wildman–Crippen LogP) is 3.80. The van der Waals surface area contributed by atoms with Crippen LogP contribution in [0.2, 0.25) is 0 Å². The second kappa shape index (κ2) is 5.96. The molecule has 0 amide bonds. The molecule has 0 fully saturated rings. The quantitative estimate of drug-likeness (QED) is 0.830. The number of nitrogens with one attached hydrogen (secondary N) is 1. The van der Waals surface area contributed by atoms with Crippen molar-refractivity contribution in [1.82, 2.24) is 9.78 Å². The van der Waals surface area contributed by atoms with Crippen LogP contribution in [-0.2, 0) is 6.54 Å². The molecule has 1 aromatic heterocycles. The Kier molecular flexibility index (Phi) is 4.31. The average molecular weight is 261 g/mol. The lowest BCUT2D eigenvalue weighted by Gasteiger charge is -2.14. The first-order chi connectivity index (χ1) is 8.72. The number of thioether (sulfide) groups is 1. The van der Waals surface area contributed by atoms with Gasteiger partial charge in [0.2, 0.25) is 0 Å². The fourth-order valence-electron chi connectivity index (χ4n) is 1.84. The molecule has 1 heterocycles. The van der Waals surface area contributed by atoms with E-state index < -0.39 is 0 Å². The van der Waals surface area contributed by atoms with Crippen molar-refractivity contribution in [3.05, 3.63) is 42.2 Å². The fourth-order valence-corrected chi connectivity index (χ4v) is 2.25. The molecular weight excluding hydrogens is 242 g/mol. The van der Waals surface area contributed by atoms with E-state index in [0.29, 0.717) is 0 Å². The van der Waals surface area contributed by atoms with Crippen molar-refractivity contribution in [2.75, 3.05) is 11.6 Å². The summed E-state index contributed by atoms with van der Waals surface area (Å²) >= 11 is 1.77. The molecule has 0 bridgehead atoms. The van der Waals surface area contributed by atoms with Crippen molar-refractivity contribution in [2.45, 2.75) is 31.3 Å². The summed E-state index contributed by atoms with van der Waals surface area (Å²) in [6.07, 6.45) is 6.00. The van der Waals surface area contributed by atoms with Crippen LogP contribution in [0.15, 0.2) is 41.6 Å². The van der Waals surface area contributed by atoms with Crippen LogP contribution in [0.1, 0.15) is 25.5 Å². The molecule has 4 heteroatoms. The van der Waals surface area contributed by atoms with Gasteiger partial charge in [-0.15, -0.1) is 11.8 Å². The molecule has 2 rings (SSSR count). The zero-order valence-corrected chi connectivity index (χ0v) is 11.9. The monoisotopic (exact) mass is 261 g/mol. The molecule has 1 N–H and O–H groups in total. The Balaban J connectivity index is 2.03. The van der Waals surface area contributed by atoms with Crippen molar-refractivity contribution >= 4 is 17.4 Å². The lowest BCUT2D eigenvalue weighted by molar-refractivity contribution is 0.660. The highest BCUT2D eigenvalue weighted by Gasteiger charge is 2.06. The van der Waals surface area contributed by atoms with Gasteiger partial charge < -0.3 is 5.32 Å². The van der Waals surface area contributed by atoms with Gasteiger partial charge in [0.15, 0.2) is 0 Å². The van der Waals surface area contributed by atoms with Crippen LogP contribution in [-0.4, -0.2) is 16.0 Å². The van der Waals surface area contributed by atoms with Crippen LogP contribution in [0.5, 0.6) is 0 Å². The van der Waals surface area contributed by atoms with Crippen LogP contribution in [0, 0.1) is 0 Å². The topological polar surface area (TPSA) is 29.9 Å². The number of hydrogen-bond acceptors (Lipinski definition) is 3. The average Bonchev–Trinajstić information content (AvgIpc) is 2.86. The number of aryl methyl sites for hydroxylation is 1. The molecule has 0 radical (unpaired) electrons. The number of hydrogen-bond donors (Lipinski definition) is 1. The van der Waals surface area contributed by atoms with Gasteiger partial charge in [0.25, 0.3) is 0 Å². The summed E-state index contributed by atoms with van der Waals surface area (Å²) < 4.78 is 1.92. The molecule has 0 saturated heterocycles. The molecule has 1 atom stereocenters. The smallest absolute Gasteiger partial charge is 0.0731 e. The summed E-state index contributed by atoms with van der Waals surface area (Å²) in [6.45, 7) is 5.15. The zero-order valence-electron chi connectivity index (χ0n) is 11.1. The van der Waals surface area contributed by atoms with E-state index in [1.54, 1.807) is 11.8 Å². The molecule has 18 heavy (non-hydrogen) atoms. The Hall–Kier alpha value is -1.42. The first-order valence-corrected chi connectivity index (χ1v) is 7.38. The van der Waals surface area contributed by atoms with Crippen molar-refractivity contribution in [2.24, 2.45) is 0 Å². The Bertz CT molecular complexity index is 490. The Morgan fingerprint density at radius 1 is 1.33 bits per heavy atom. The third kappa shape index (κ3) is 3.07. The molecule has 2 aromatic rings. The molecule has 0 saturated carbocycles. The second-order valence-corrected chi connectivity index (χ2v) is 5.10. The Morgan fingerprint density at radius 3 is 2.61 bits per heavy atom. The summed E-state index contributed by atoms with van der Waals surface area (Å²) in [6, 6.07) is 8.96. The third-order valence-corrected chi connectivity index (χ3v) is 3.70. The third-order valence-electron chi connectivity index (χ3n) is 2.96. The van der Waals surface area contributed by atoms with Crippen molar-refractivity contribution in [3.63, 3.8) is 0 Å². The van der Waals surface area contributed by atoms with Crippen LogP contribution in [0.3, 0.4) is 0 Å². The number of rotatable bonds is 5. The minimum absolute atomic E-state index is 0.287. The maximum Gasteiger partial charge on any atom is 0.0731 e. The van der Waals surface area contributed by atoms with Gasteiger partial charge in [0.05, 0.1) is 11.9 Å². The fraction of sp³-hybridized carbons (Fsp3) is 0.357. The van der Waals surface area contributed by atoms with E-state index in [1.807, 2.05) is 17.1 Å². The predicted molar refractivity (Wildman–Crippen MR) is 78.2 cm³/mol. The minimum atomic E-state index is 0.287. The van der Waals surface area contributed by atoms with Crippen molar-refractivity contribution in [1.29, 1.82) is 0 Å². The molecule has 3 nitrogen and oxygen atoms in total. The van der Waals surface area contributed by atoms with E-state index in [9.17, 15) is 0 Å². The van der Waals surface area contributed by atoms with Gasteiger partial charge in [-0.25, -0.2) is 0 Å². The number of benzene rings is 1. The van der Waals surface area contributed by atoms with Gasteiger partial charge in [0, 0.05) is 23.7 Å². The van der Waals surface area contributed by atoms with E-state index in [1.165, 1.54) is 10.5 Å². The second-order valence-electron chi connectivity index (χ2n) is 4.22. The van der Waals surface area contributed by atoms with Crippen LogP contribution in [0.25, 0.3) is 0 Å². The summed E-state index contributed by atoms with van der Waals surface area (Å²) in [7, 11) is 0. The first-order valence-electron chi connectivity index (χ1n) is 6.16. The molecule has 0 aliphatic rings. The van der Waals surface area contributed by atoms with Gasteiger partial charge in [-0.05, 0) is 37.8 Å². The molecule has 1 aromatic carbocycles. The highest BCUT2D eigenvalue weighted by molar-refractivity contribution is 7.98. The van der Waals surface area contributed by atoms with Gasteiger partial charge in [-0.2, -0.15) is 5.10 Å². The van der Waals surface area contributed by atoms with Gasteiger partial charge in [-0.1, -0.05) is 12.1 Å². The normalized spacial score (nSPS) is 12.4. The maximum atomic E-state index is 4.26. The van der Waals surface area contributed by atoms with Crippen LogP contribution >= 0.6 is 11.8 Å². The van der Waals surface area contributed by atoms with E-state index in [-0.39, 0.29) is 6.04 Å². The lowest BCUT2D eigenvalue weighted by Crippen LogP contribution is -2.05. The Labute approximate surface area is 113 Å². The highest BCUT2D eigenvalue weighted by Crippen LogP contribution is 2.21. The largest absolute Gasteiger partial charge is 0.376 e. The number of anilines is 1. The van der Waals surface area contributed by atoms with Gasteiger partial charge in [-0.3, -0.25) is 4.68 Å². The van der Waals surface area contributed by atoms with Crippen LogP contribution < -0.4 is 5.32 Å². The zero-order chi connectivity index (χ0) is 13.0. The number of nitrogens with zero attached hydrogens (tertiary/aromatic N) is 2. The summed E-state index contributed by atoms with van der Waals surface area (Å²) in [4.78, 5) is 1.30. The molecule has 0 aliphatic heterocycles. The lowest BCUT2D eigenvalue weighted by atomic mass is 10.1. The van der Waals surface area contributed by atoms with E-state index in [0.717, 1.165) is 12.2 Å². The van der Waals surface area contributed by atoms with E-state index >= 15 is 0 Å². The van der Waals surface area contributed by atoms with Crippen molar-refractivity contribution < 1.29 is 0 Å². The standard InChI is InChI=1S/C14H19N3S/c1-4-17-10-13(9-15-17)16-11(2)12-5-7-14(18-3)8-6-12/h5-11,16H,4H2,1-3H3. The first kappa shape index (κ1) is 13.0. The minimum Gasteiger partial charge on any atom is -0.376 e. The van der Waals surface area contributed by atoms with Gasteiger partial charge in [0.1, 0.15) is 0 Å². The molecule has 96 valence electrons.